The Balaban J connectivity index is 1.45. The van der Waals surface area contributed by atoms with Gasteiger partial charge >= 0.3 is 0 Å². The SMILES string of the molecule is O=C(NCCCN1CCCCC1)c1c2c(nc3ccccc13)CCC2. The quantitative estimate of drug-likeness (QED) is 0.851. The van der Waals surface area contributed by atoms with Crippen LogP contribution < -0.4 is 5.32 Å². The number of aromatic nitrogens is 1. The number of piperidine rings is 1. The molecule has 4 nitrogen and oxygen atoms in total. The number of hydrogen-bond acceptors (Lipinski definition) is 3. The molecule has 1 aromatic carbocycles. The second-order valence-corrected chi connectivity index (χ2v) is 7.29. The van der Waals surface area contributed by atoms with Crippen LogP contribution in [0.2, 0.25) is 0 Å². The van der Waals surface area contributed by atoms with E-state index in [0.29, 0.717) is 0 Å². The number of nitrogens with zero attached hydrogens (tertiary/aromatic N) is 2. The van der Waals surface area contributed by atoms with Gasteiger partial charge in [-0.2, -0.15) is 0 Å². The molecule has 2 heterocycles. The van der Waals surface area contributed by atoms with Gasteiger partial charge in [-0.15, -0.1) is 0 Å². The van der Waals surface area contributed by atoms with Gasteiger partial charge in [-0.25, -0.2) is 0 Å². The molecule has 1 saturated heterocycles. The Bertz CT molecular complexity index is 765. The first-order valence-corrected chi connectivity index (χ1v) is 9.74. The van der Waals surface area contributed by atoms with E-state index >= 15 is 0 Å². The topological polar surface area (TPSA) is 45.2 Å². The third kappa shape index (κ3) is 3.54. The fourth-order valence-corrected chi connectivity index (χ4v) is 4.25. The van der Waals surface area contributed by atoms with Crippen molar-refractivity contribution >= 4 is 16.8 Å². The molecule has 2 aliphatic rings. The van der Waals surface area contributed by atoms with Gasteiger partial charge in [-0.05, 0) is 69.8 Å². The monoisotopic (exact) mass is 337 g/mol. The lowest BCUT2D eigenvalue weighted by Crippen LogP contribution is -2.33. The number of hydrogen-bond donors (Lipinski definition) is 1. The average Bonchev–Trinajstić information content (AvgIpc) is 3.11. The van der Waals surface area contributed by atoms with Gasteiger partial charge in [0.25, 0.3) is 5.91 Å². The zero-order chi connectivity index (χ0) is 17.1. The molecular weight excluding hydrogens is 310 g/mol. The zero-order valence-corrected chi connectivity index (χ0v) is 14.9. The molecule has 132 valence electrons. The molecule has 0 atom stereocenters. The van der Waals surface area contributed by atoms with Crippen LogP contribution in [0.4, 0.5) is 0 Å². The van der Waals surface area contributed by atoms with Gasteiger partial charge in [0, 0.05) is 17.6 Å². The Hall–Kier alpha value is -1.94. The van der Waals surface area contributed by atoms with Gasteiger partial charge in [0.05, 0.1) is 11.1 Å². The predicted molar refractivity (Wildman–Crippen MR) is 101 cm³/mol. The Labute approximate surface area is 149 Å². The number of nitrogens with one attached hydrogen (secondary N) is 1. The highest BCUT2D eigenvalue weighted by Crippen LogP contribution is 2.29. The van der Waals surface area contributed by atoms with Gasteiger partial charge in [-0.3, -0.25) is 9.78 Å². The molecule has 0 radical (unpaired) electrons. The highest BCUT2D eigenvalue weighted by atomic mass is 16.1. The molecule has 1 aromatic heterocycles. The van der Waals surface area contributed by atoms with Gasteiger partial charge < -0.3 is 10.2 Å². The molecule has 1 amide bonds. The van der Waals surface area contributed by atoms with Gasteiger partial charge in [0.2, 0.25) is 0 Å². The number of likely N-dealkylation sites (tertiary alicyclic amines) is 1. The number of aryl methyl sites for hydroxylation is 1. The molecule has 1 aliphatic heterocycles. The van der Waals surface area contributed by atoms with Crippen LogP contribution in [0.5, 0.6) is 0 Å². The predicted octanol–water partition coefficient (Wildman–Crippen LogP) is 3.33. The van der Waals surface area contributed by atoms with Crippen LogP contribution in [0.15, 0.2) is 24.3 Å². The standard InChI is InChI=1S/C21H27N3O/c25-21(22-12-7-15-24-13-4-1-5-14-24)20-16-8-2-3-10-18(16)23-19-11-6-9-17(19)20/h2-3,8,10H,1,4-7,9,11-15H2,(H,22,25). The molecule has 4 rings (SSSR count). The lowest BCUT2D eigenvalue weighted by molar-refractivity contribution is 0.0952. The molecule has 4 heteroatoms. The molecule has 0 bridgehead atoms. The number of carbonyl (C=O) groups is 1. The minimum atomic E-state index is 0.0791. The Morgan fingerprint density at radius 1 is 1.08 bits per heavy atom. The summed E-state index contributed by atoms with van der Waals surface area (Å²) < 4.78 is 0. The molecule has 1 N–H and O–H groups in total. The van der Waals surface area contributed by atoms with Crippen molar-refractivity contribution in [2.45, 2.75) is 44.9 Å². The third-order valence-electron chi connectivity index (χ3n) is 5.53. The van der Waals surface area contributed by atoms with E-state index in [-0.39, 0.29) is 5.91 Å². The fraction of sp³-hybridized carbons (Fsp3) is 0.524. The first kappa shape index (κ1) is 16.5. The number of fused-ring (bicyclic) bond motifs is 2. The number of carbonyl (C=O) groups excluding carboxylic acids is 1. The van der Waals surface area contributed by atoms with Crippen molar-refractivity contribution in [1.29, 1.82) is 0 Å². The van der Waals surface area contributed by atoms with Crippen molar-refractivity contribution in [1.82, 2.24) is 15.2 Å². The smallest absolute Gasteiger partial charge is 0.252 e. The Morgan fingerprint density at radius 3 is 2.80 bits per heavy atom. The van der Waals surface area contributed by atoms with E-state index in [4.69, 9.17) is 4.98 Å². The maximum absolute atomic E-state index is 12.9. The lowest BCUT2D eigenvalue weighted by atomic mass is 10.0. The second-order valence-electron chi connectivity index (χ2n) is 7.29. The summed E-state index contributed by atoms with van der Waals surface area (Å²) in [7, 11) is 0. The lowest BCUT2D eigenvalue weighted by Gasteiger charge is -2.26. The van der Waals surface area contributed by atoms with Gasteiger partial charge in [-0.1, -0.05) is 24.6 Å². The zero-order valence-electron chi connectivity index (χ0n) is 14.9. The summed E-state index contributed by atoms with van der Waals surface area (Å²) in [5, 5.41) is 4.16. The van der Waals surface area contributed by atoms with Crippen LogP contribution in [0.3, 0.4) is 0 Å². The minimum absolute atomic E-state index is 0.0791. The number of amides is 1. The number of para-hydroxylation sites is 1. The summed E-state index contributed by atoms with van der Waals surface area (Å²) in [6, 6.07) is 8.04. The van der Waals surface area contributed by atoms with Crippen molar-refractivity contribution < 1.29 is 4.79 Å². The average molecular weight is 337 g/mol. The van der Waals surface area contributed by atoms with Crippen LogP contribution in [0.25, 0.3) is 10.9 Å². The first-order chi connectivity index (χ1) is 12.3. The summed E-state index contributed by atoms with van der Waals surface area (Å²) in [5.41, 5.74) is 4.11. The van der Waals surface area contributed by atoms with Crippen molar-refractivity contribution in [3.05, 3.63) is 41.1 Å². The van der Waals surface area contributed by atoms with E-state index in [9.17, 15) is 4.79 Å². The third-order valence-corrected chi connectivity index (χ3v) is 5.53. The van der Waals surface area contributed by atoms with Crippen LogP contribution in [-0.2, 0) is 12.8 Å². The van der Waals surface area contributed by atoms with Gasteiger partial charge in [0.15, 0.2) is 0 Å². The number of rotatable bonds is 5. The maximum Gasteiger partial charge on any atom is 0.252 e. The van der Waals surface area contributed by atoms with E-state index in [1.165, 1.54) is 37.9 Å². The molecule has 0 unspecified atom stereocenters. The van der Waals surface area contributed by atoms with E-state index in [1.54, 1.807) is 0 Å². The summed E-state index contributed by atoms with van der Waals surface area (Å²) in [6.07, 6.45) is 8.11. The van der Waals surface area contributed by atoms with Crippen LogP contribution in [0.1, 0.15) is 53.7 Å². The summed E-state index contributed by atoms with van der Waals surface area (Å²) in [5.74, 6) is 0.0791. The Morgan fingerprint density at radius 2 is 1.92 bits per heavy atom. The number of pyridine rings is 1. The van der Waals surface area contributed by atoms with Crippen LogP contribution in [-0.4, -0.2) is 42.0 Å². The Kier molecular flexibility index (Phi) is 4.97. The van der Waals surface area contributed by atoms with E-state index in [0.717, 1.165) is 60.9 Å². The van der Waals surface area contributed by atoms with Crippen molar-refractivity contribution in [3.63, 3.8) is 0 Å². The summed E-state index contributed by atoms with van der Waals surface area (Å²) in [4.78, 5) is 20.2. The van der Waals surface area contributed by atoms with Crippen molar-refractivity contribution in [2.75, 3.05) is 26.2 Å². The molecule has 25 heavy (non-hydrogen) atoms. The minimum Gasteiger partial charge on any atom is -0.352 e. The molecule has 1 fully saturated rings. The normalized spacial score (nSPS) is 17.6. The van der Waals surface area contributed by atoms with Crippen molar-refractivity contribution in [3.8, 4) is 0 Å². The molecule has 1 aliphatic carbocycles. The molecule has 0 saturated carbocycles. The molecular formula is C21H27N3O. The van der Waals surface area contributed by atoms with E-state index < -0.39 is 0 Å². The fourth-order valence-electron chi connectivity index (χ4n) is 4.25. The highest BCUT2D eigenvalue weighted by molar-refractivity contribution is 6.07. The second kappa shape index (κ2) is 7.52. The largest absolute Gasteiger partial charge is 0.352 e. The maximum atomic E-state index is 12.9. The summed E-state index contributed by atoms with van der Waals surface area (Å²) in [6.45, 7) is 4.28. The highest BCUT2D eigenvalue weighted by Gasteiger charge is 2.23. The van der Waals surface area contributed by atoms with Gasteiger partial charge in [0.1, 0.15) is 0 Å². The number of benzene rings is 1. The molecule has 0 spiro atoms. The summed E-state index contributed by atoms with van der Waals surface area (Å²) >= 11 is 0. The molecule has 2 aromatic rings. The van der Waals surface area contributed by atoms with Crippen LogP contribution in [0, 0.1) is 0 Å². The van der Waals surface area contributed by atoms with E-state index in [2.05, 4.69) is 10.2 Å². The van der Waals surface area contributed by atoms with Crippen LogP contribution >= 0.6 is 0 Å². The van der Waals surface area contributed by atoms with Crippen molar-refractivity contribution in [2.24, 2.45) is 0 Å². The first-order valence-electron chi connectivity index (χ1n) is 9.74. The van der Waals surface area contributed by atoms with E-state index in [1.807, 2.05) is 24.3 Å².